The molecule has 4 aromatic rings. The number of alkyl halides is 6. The second-order valence-electron chi connectivity index (χ2n) is 18.9. The first-order valence-electron chi connectivity index (χ1n) is 23.5. The number of carbonyl (C=O) groups excluding carboxylic acids is 4. The number of hydrogen-bond acceptors (Lipinski definition) is 9. The number of ether oxygens (including phenoxy) is 3. The number of hydrogen-bond donors (Lipinski definition) is 2. The third-order valence-electron chi connectivity index (χ3n) is 14.4. The van der Waals surface area contributed by atoms with Crippen molar-refractivity contribution < 1.29 is 59.7 Å². The Bertz CT molecular complexity index is 2530. The van der Waals surface area contributed by atoms with Gasteiger partial charge in [-0.15, -0.1) is 0 Å². The van der Waals surface area contributed by atoms with Gasteiger partial charge in [0.25, 0.3) is 11.1 Å². The molecule has 2 saturated carbocycles. The molecule has 13 nitrogen and oxygen atoms in total. The molecule has 384 valence electrons. The number of pyridine rings is 2. The van der Waals surface area contributed by atoms with Crippen LogP contribution in [0.5, 0.6) is 0 Å². The van der Waals surface area contributed by atoms with E-state index in [9.17, 15) is 55.1 Å². The molecule has 0 saturated heterocycles. The molecule has 71 heavy (non-hydrogen) atoms. The first-order chi connectivity index (χ1) is 33.4. The van der Waals surface area contributed by atoms with E-state index in [1.807, 2.05) is 0 Å². The lowest BCUT2D eigenvalue weighted by atomic mass is 9.81. The minimum atomic E-state index is -4.86. The summed E-state index contributed by atoms with van der Waals surface area (Å²) in [5, 5.41) is 5.56. The Labute approximate surface area is 407 Å². The maximum Gasteiger partial charge on any atom is 0.417 e. The fourth-order valence-electron chi connectivity index (χ4n) is 9.86. The monoisotopic (exact) mass is 998 g/mol. The first-order valence-corrected chi connectivity index (χ1v) is 23.5. The van der Waals surface area contributed by atoms with E-state index in [4.69, 9.17) is 14.2 Å². The van der Waals surface area contributed by atoms with Crippen molar-refractivity contribution in [2.75, 3.05) is 27.4 Å². The van der Waals surface area contributed by atoms with Crippen molar-refractivity contribution in [3.8, 4) is 22.3 Å². The average molecular weight is 999 g/mol. The zero-order chi connectivity index (χ0) is 52.1. The molecule has 0 bridgehead atoms. The lowest BCUT2D eigenvalue weighted by molar-refractivity contribution is -0.164. The molecule has 2 fully saturated rings. The fraction of sp³-hybridized carbons (Fsp3) is 0.500. The molecule has 6 rings (SSSR count). The number of benzene rings is 2. The van der Waals surface area contributed by atoms with E-state index in [2.05, 4.69) is 10.6 Å². The van der Waals surface area contributed by atoms with Crippen LogP contribution >= 0.6 is 0 Å². The van der Waals surface area contributed by atoms with Crippen LogP contribution in [-0.4, -0.2) is 72.4 Å². The molecule has 19 heteroatoms. The van der Waals surface area contributed by atoms with Crippen molar-refractivity contribution >= 4 is 23.8 Å². The maximum absolute atomic E-state index is 14.4. The van der Waals surface area contributed by atoms with Crippen LogP contribution in [0.4, 0.5) is 26.3 Å². The van der Waals surface area contributed by atoms with Gasteiger partial charge in [0.05, 0.1) is 33.1 Å². The summed E-state index contributed by atoms with van der Waals surface area (Å²) in [5.41, 5.74) is -6.29. The Hall–Kier alpha value is -6.08. The Balaban J connectivity index is 1.34. The third kappa shape index (κ3) is 12.2. The molecule has 2 atom stereocenters. The quantitative estimate of drug-likeness (QED) is 0.0570. The third-order valence-corrected chi connectivity index (χ3v) is 14.4. The molecular weight excluding hydrogens is 939 g/mol. The van der Waals surface area contributed by atoms with Crippen LogP contribution in [0.1, 0.15) is 97.8 Å². The summed E-state index contributed by atoms with van der Waals surface area (Å²) >= 11 is 0. The summed E-state index contributed by atoms with van der Waals surface area (Å²) in [6, 6.07) is 9.44. The van der Waals surface area contributed by atoms with Crippen molar-refractivity contribution in [3.63, 3.8) is 0 Å². The largest absolute Gasteiger partial charge is 0.417 e. The highest BCUT2D eigenvalue weighted by molar-refractivity contribution is 5.96. The van der Waals surface area contributed by atoms with E-state index in [1.165, 1.54) is 90.7 Å². The van der Waals surface area contributed by atoms with Gasteiger partial charge < -0.3 is 34.0 Å². The van der Waals surface area contributed by atoms with Crippen LogP contribution in [0.25, 0.3) is 22.3 Å². The highest BCUT2D eigenvalue weighted by Gasteiger charge is 2.45. The Kier molecular flexibility index (Phi) is 16.9. The Morgan fingerprint density at radius 2 is 0.915 bits per heavy atom. The van der Waals surface area contributed by atoms with Gasteiger partial charge in [-0.2, -0.15) is 26.3 Å². The maximum atomic E-state index is 14.4. The minimum absolute atomic E-state index is 0.0521. The summed E-state index contributed by atoms with van der Waals surface area (Å²) < 4.78 is 104. The van der Waals surface area contributed by atoms with E-state index in [0.717, 1.165) is 47.0 Å². The molecule has 0 spiro atoms. The van der Waals surface area contributed by atoms with Crippen LogP contribution in [0, 0.1) is 24.7 Å². The molecule has 0 aliphatic heterocycles. The van der Waals surface area contributed by atoms with Crippen LogP contribution < -0.4 is 21.8 Å². The zero-order valence-electron chi connectivity index (χ0n) is 40.7. The molecule has 2 N–H and O–H groups in total. The number of aromatic nitrogens is 2. The van der Waals surface area contributed by atoms with Crippen molar-refractivity contribution in [1.82, 2.24) is 19.8 Å². The lowest BCUT2D eigenvalue weighted by Gasteiger charge is -2.31. The number of methoxy groups -OCH3 is 2. The fourth-order valence-corrected chi connectivity index (χ4v) is 9.86. The molecule has 0 unspecified atom stereocenters. The van der Waals surface area contributed by atoms with Gasteiger partial charge in [-0.1, -0.05) is 74.2 Å². The zero-order valence-corrected chi connectivity index (χ0v) is 40.7. The van der Waals surface area contributed by atoms with Gasteiger partial charge in [0, 0.05) is 65.8 Å². The number of nitrogens with one attached hydrogen (secondary N) is 2. The number of esters is 2. The molecule has 2 amide bonds. The highest BCUT2D eigenvalue weighted by atomic mass is 19.4. The summed E-state index contributed by atoms with van der Waals surface area (Å²) in [7, 11) is 5.69. The van der Waals surface area contributed by atoms with Crippen LogP contribution in [0.3, 0.4) is 0 Å². The SMILES string of the molecule is COCCC1(C(=O)N[C@@H](Cc2ccc(-c3c(C(F)(F)F)cc(C)n(C)c3=O)cc2)C(=O)OC(=O)[C@H](Cc2ccc(-c3c(C(F)(F)F)cc(C)n(C)c3=O)cc2)NC(=O)C2(CCOC)CCCC2)CCCC1. The predicted octanol–water partition coefficient (Wildman–Crippen LogP) is 8.09. The van der Waals surface area contributed by atoms with Gasteiger partial charge in [-0.3, -0.25) is 19.2 Å². The topological polar surface area (TPSA) is 164 Å². The average Bonchev–Trinajstić information content (AvgIpc) is 4.02. The van der Waals surface area contributed by atoms with Gasteiger partial charge in [0.2, 0.25) is 11.8 Å². The van der Waals surface area contributed by atoms with Gasteiger partial charge in [0.1, 0.15) is 12.1 Å². The highest BCUT2D eigenvalue weighted by Crippen LogP contribution is 2.43. The van der Waals surface area contributed by atoms with Gasteiger partial charge in [-0.05, 0) is 86.8 Å². The smallest absolute Gasteiger partial charge is 0.390 e. The number of carbonyl (C=O) groups is 4. The standard InChI is InChI=1S/C52H60F6N4O9/c1-31-27-37(51(53,54)55)41(43(63)61(31)3)35-15-11-33(12-16-35)29-39(59-47(67)49(23-25-69-5)19-7-8-20-49)45(65)71-46(66)40(60-48(68)50(24-26-70-6)21-9-10-22-50)30-34-13-17-36(18-14-34)42-38(52(56,57)58)28-32(2)62(4)44(42)64/h11-18,27-28,39-40H,7-10,19-26,29-30H2,1-6H3,(H,59,67)(H,60,68)/t39-,40-/m0/s1. The summed E-state index contributed by atoms with van der Waals surface area (Å²) in [6.07, 6.45) is -4.85. The molecule has 2 aromatic carbocycles. The van der Waals surface area contributed by atoms with E-state index >= 15 is 0 Å². The number of nitrogens with zero attached hydrogens (tertiary/aromatic N) is 2. The van der Waals surface area contributed by atoms with Crippen LogP contribution in [0.15, 0.2) is 70.3 Å². The van der Waals surface area contributed by atoms with Crippen molar-refractivity contribution in [2.24, 2.45) is 24.9 Å². The van der Waals surface area contributed by atoms with Gasteiger partial charge in [-0.25, -0.2) is 9.59 Å². The summed E-state index contributed by atoms with van der Waals surface area (Å²) in [4.78, 5) is 83.7. The minimum Gasteiger partial charge on any atom is -0.390 e. The van der Waals surface area contributed by atoms with Crippen molar-refractivity contribution in [2.45, 2.75) is 115 Å². The lowest BCUT2D eigenvalue weighted by Crippen LogP contribution is -2.53. The van der Waals surface area contributed by atoms with E-state index in [0.29, 0.717) is 49.7 Å². The Morgan fingerprint density at radius 3 is 1.21 bits per heavy atom. The molecular formula is C52H60F6N4O9. The van der Waals surface area contributed by atoms with Crippen molar-refractivity contribution in [1.29, 1.82) is 0 Å². The van der Waals surface area contributed by atoms with Gasteiger partial charge >= 0.3 is 24.3 Å². The van der Waals surface area contributed by atoms with Crippen LogP contribution in [-0.2, 0) is 72.7 Å². The number of halogens is 6. The molecule has 2 heterocycles. The van der Waals surface area contributed by atoms with E-state index in [1.54, 1.807) is 0 Å². The summed E-state index contributed by atoms with van der Waals surface area (Å²) in [5.74, 6) is -3.42. The predicted molar refractivity (Wildman–Crippen MR) is 251 cm³/mol. The molecule has 2 aliphatic rings. The second-order valence-corrected chi connectivity index (χ2v) is 18.9. The number of amides is 2. The number of aryl methyl sites for hydroxylation is 2. The normalized spacial score (nSPS) is 16.3. The van der Waals surface area contributed by atoms with E-state index in [-0.39, 0.29) is 48.6 Å². The molecule has 0 radical (unpaired) electrons. The van der Waals surface area contributed by atoms with Crippen molar-refractivity contribution in [3.05, 3.63) is 115 Å². The van der Waals surface area contributed by atoms with E-state index < -0.39 is 92.4 Å². The number of rotatable bonds is 18. The second kappa shape index (κ2) is 22.1. The van der Waals surface area contributed by atoms with Gasteiger partial charge in [0.15, 0.2) is 0 Å². The summed E-state index contributed by atoms with van der Waals surface area (Å²) in [6.45, 7) is 3.23. The molecule has 2 aliphatic carbocycles. The van der Waals surface area contributed by atoms with Crippen LogP contribution in [0.2, 0.25) is 0 Å². The molecule has 2 aromatic heterocycles. The first kappa shape index (κ1) is 54.3. The Morgan fingerprint density at radius 1 is 0.592 bits per heavy atom.